The highest BCUT2D eigenvalue weighted by molar-refractivity contribution is 5.74. The van der Waals surface area contributed by atoms with Crippen molar-refractivity contribution in [3.8, 4) is 0 Å². The van der Waals surface area contributed by atoms with Gasteiger partial charge in [0.25, 0.3) is 0 Å². The molecule has 2 unspecified atom stereocenters. The van der Waals surface area contributed by atoms with Gasteiger partial charge in [0.1, 0.15) is 0 Å². The first-order valence-corrected chi connectivity index (χ1v) is 6.59. The van der Waals surface area contributed by atoms with Gasteiger partial charge in [-0.15, -0.1) is 0 Å². The smallest absolute Gasteiger partial charge is 0.309 e. The fraction of sp³-hybridized carbons (Fsp3) is 0.929. The van der Waals surface area contributed by atoms with Crippen molar-refractivity contribution in [2.45, 2.75) is 72.8 Å². The topological polar surface area (TPSA) is 57.5 Å². The lowest BCUT2D eigenvalue weighted by Gasteiger charge is -2.42. The Bertz CT molecular complexity index is 246. The molecule has 0 aromatic heterocycles. The Hall–Kier alpha value is -0.570. The van der Waals surface area contributed by atoms with Crippen LogP contribution in [0.25, 0.3) is 0 Å². The molecule has 0 heterocycles. The Balaban J connectivity index is 4.88. The summed E-state index contributed by atoms with van der Waals surface area (Å²) >= 11 is 0. The minimum atomic E-state index is -0.808. The van der Waals surface area contributed by atoms with Crippen LogP contribution in [0.2, 0.25) is 0 Å². The molecule has 17 heavy (non-hydrogen) atoms. The zero-order valence-corrected chi connectivity index (χ0v) is 11.9. The molecule has 0 saturated carbocycles. The van der Waals surface area contributed by atoms with Crippen LogP contribution in [0, 0.1) is 10.8 Å². The van der Waals surface area contributed by atoms with Gasteiger partial charge < -0.3 is 10.2 Å². The Morgan fingerprint density at radius 1 is 1.24 bits per heavy atom. The number of carboxylic acid groups (broad SMARTS) is 1. The van der Waals surface area contributed by atoms with Gasteiger partial charge in [-0.05, 0) is 39.0 Å². The first-order valence-electron chi connectivity index (χ1n) is 6.59. The molecule has 0 aromatic carbocycles. The largest absolute Gasteiger partial charge is 0.481 e. The lowest BCUT2D eigenvalue weighted by molar-refractivity contribution is -0.156. The standard InChI is InChI=1S/C14H28O3/c1-6-7-8-9-14(5,10-11(2)15)13(3,4)12(16)17/h11,15H,6-10H2,1-5H3,(H,16,17). The molecule has 0 aliphatic heterocycles. The zero-order valence-electron chi connectivity index (χ0n) is 11.9. The number of carbonyl (C=O) groups is 1. The van der Waals surface area contributed by atoms with Crippen LogP contribution in [0.4, 0.5) is 0 Å². The number of carboxylic acids is 1. The van der Waals surface area contributed by atoms with E-state index < -0.39 is 17.5 Å². The third-order valence-corrected chi connectivity index (χ3v) is 4.12. The van der Waals surface area contributed by atoms with Gasteiger partial charge in [0.2, 0.25) is 0 Å². The van der Waals surface area contributed by atoms with E-state index in [2.05, 4.69) is 6.92 Å². The predicted octanol–water partition coefficient (Wildman–Crippen LogP) is 3.45. The minimum Gasteiger partial charge on any atom is -0.481 e. The first kappa shape index (κ1) is 16.4. The molecule has 0 amide bonds. The van der Waals surface area contributed by atoms with Gasteiger partial charge in [0.05, 0.1) is 11.5 Å². The van der Waals surface area contributed by atoms with Crippen molar-refractivity contribution in [3.63, 3.8) is 0 Å². The van der Waals surface area contributed by atoms with Gasteiger partial charge in [-0.25, -0.2) is 0 Å². The Labute approximate surface area is 105 Å². The van der Waals surface area contributed by atoms with Gasteiger partial charge in [0.15, 0.2) is 0 Å². The average molecular weight is 244 g/mol. The normalized spacial score (nSPS) is 17.5. The van der Waals surface area contributed by atoms with Gasteiger partial charge >= 0.3 is 5.97 Å². The molecule has 3 heteroatoms. The van der Waals surface area contributed by atoms with E-state index in [9.17, 15) is 15.0 Å². The van der Waals surface area contributed by atoms with Gasteiger partial charge in [-0.3, -0.25) is 4.79 Å². The van der Waals surface area contributed by atoms with Gasteiger partial charge in [0, 0.05) is 0 Å². The van der Waals surface area contributed by atoms with Gasteiger partial charge in [-0.2, -0.15) is 0 Å². The minimum absolute atomic E-state index is 0.359. The van der Waals surface area contributed by atoms with Crippen molar-refractivity contribution in [1.29, 1.82) is 0 Å². The van der Waals surface area contributed by atoms with Crippen molar-refractivity contribution in [1.82, 2.24) is 0 Å². The van der Waals surface area contributed by atoms with E-state index in [0.717, 1.165) is 25.7 Å². The number of rotatable bonds is 8. The molecule has 0 radical (unpaired) electrons. The third kappa shape index (κ3) is 4.30. The van der Waals surface area contributed by atoms with Crippen molar-refractivity contribution in [2.75, 3.05) is 0 Å². The summed E-state index contributed by atoms with van der Waals surface area (Å²) in [6.45, 7) is 9.39. The number of unbranched alkanes of at least 4 members (excludes halogenated alkanes) is 2. The second kappa shape index (κ2) is 6.39. The molecule has 0 fully saturated rings. The van der Waals surface area contributed by atoms with Crippen LogP contribution >= 0.6 is 0 Å². The quantitative estimate of drug-likeness (QED) is 0.643. The summed E-state index contributed by atoms with van der Waals surface area (Å²) in [6.07, 6.45) is 4.20. The van der Waals surface area contributed by atoms with E-state index in [4.69, 9.17) is 0 Å². The summed E-state index contributed by atoms with van der Waals surface area (Å²) < 4.78 is 0. The monoisotopic (exact) mass is 244 g/mol. The molecule has 102 valence electrons. The van der Waals surface area contributed by atoms with Crippen molar-refractivity contribution < 1.29 is 15.0 Å². The predicted molar refractivity (Wildman–Crippen MR) is 70.0 cm³/mol. The maximum atomic E-state index is 11.4. The average Bonchev–Trinajstić information content (AvgIpc) is 2.16. The number of aliphatic carboxylic acids is 1. The van der Waals surface area contributed by atoms with Crippen LogP contribution in [0.3, 0.4) is 0 Å². The molecule has 3 nitrogen and oxygen atoms in total. The Morgan fingerprint density at radius 3 is 2.12 bits per heavy atom. The second-order valence-corrected chi connectivity index (χ2v) is 6.00. The Morgan fingerprint density at radius 2 is 1.76 bits per heavy atom. The molecule has 0 rings (SSSR count). The molecular weight excluding hydrogens is 216 g/mol. The van der Waals surface area contributed by atoms with Crippen molar-refractivity contribution in [2.24, 2.45) is 10.8 Å². The Kier molecular flexibility index (Phi) is 6.17. The van der Waals surface area contributed by atoms with E-state index in [1.54, 1.807) is 20.8 Å². The summed E-state index contributed by atoms with van der Waals surface area (Å²) in [5.74, 6) is -0.780. The van der Waals surface area contributed by atoms with Crippen LogP contribution < -0.4 is 0 Å². The molecular formula is C14H28O3. The second-order valence-electron chi connectivity index (χ2n) is 6.00. The van der Waals surface area contributed by atoms with E-state index >= 15 is 0 Å². The first-order chi connectivity index (χ1) is 7.67. The molecule has 0 aliphatic rings. The van der Waals surface area contributed by atoms with Crippen LogP contribution in [0.5, 0.6) is 0 Å². The van der Waals surface area contributed by atoms with E-state index in [1.807, 2.05) is 6.92 Å². The fourth-order valence-electron chi connectivity index (χ4n) is 2.35. The van der Waals surface area contributed by atoms with Gasteiger partial charge in [-0.1, -0.05) is 33.1 Å². The van der Waals surface area contributed by atoms with Crippen molar-refractivity contribution >= 4 is 5.97 Å². The maximum absolute atomic E-state index is 11.4. The summed E-state index contributed by atoms with van der Waals surface area (Å²) in [5, 5.41) is 19.0. The maximum Gasteiger partial charge on any atom is 0.309 e. The van der Waals surface area contributed by atoms with Crippen LogP contribution in [-0.2, 0) is 4.79 Å². The van der Waals surface area contributed by atoms with Crippen molar-refractivity contribution in [3.05, 3.63) is 0 Å². The molecule has 0 spiro atoms. The summed E-state index contributed by atoms with van der Waals surface area (Å²) in [5.41, 5.74) is -1.17. The molecule has 0 aliphatic carbocycles. The summed E-state index contributed by atoms with van der Waals surface area (Å²) in [4.78, 5) is 11.4. The summed E-state index contributed by atoms with van der Waals surface area (Å²) in [7, 11) is 0. The van der Waals surface area contributed by atoms with Crippen LogP contribution in [0.1, 0.15) is 66.7 Å². The fourth-order valence-corrected chi connectivity index (χ4v) is 2.35. The van der Waals surface area contributed by atoms with Crippen LogP contribution in [-0.4, -0.2) is 22.3 Å². The molecule has 0 bridgehead atoms. The SMILES string of the molecule is CCCCCC(C)(CC(C)O)C(C)(C)C(=O)O. The number of aliphatic hydroxyl groups excluding tert-OH is 1. The number of hydrogen-bond donors (Lipinski definition) is 2. The highest BCUT2D eigenvalue weighted by Gasteiger charge is 2.46. The molecule has 2 atom stereocenters. The van der Waals surface area contributed by atoms with E-state index in [0.29, 0.717) is 6.42 Å². The van der Waals surface area contributed by atoms with E-state index in [1.165, 1.54) is 0 Å². The van der Waals surface area contributed by atoms with E-state index in [-0.39, 0.29) is 5.41 Å². The highest BCUT2D eigenvalue weighted by atomic mass is 16.4. The zero-order chi connectivity index (χ0) is 13.7. The number of hydrogen-bond acceptors (Lipinski definition) is 2. The molecule has 2 N–H and O–H groups in total. The lowest BCUT2D eigenvalue weighted by atomic mass is 9.61. The number of aliphatic hydroxyl groups is 1. The van der Waals surface area contributed by atoms with Crippen LogP contribution in [0.15, 0.2) is 0 Å². The third-order valence-electron chi connectivity index (χ3n) is 4.12. The molecule has 0 aromatic rings. The summed E-state index contributed by atoms with van der Waals surface area (Å²) in [6, 6.07) is 0. The lowest BCUT2D eigenvalue weighted by Crippen LogP contribution is -2.43. The molecule has 0 saturated heterocycles. The highest BCUT2D eigenvalue weighted by Crippen LogP contribution is 2.46.